The summed E-state index contributed by atoms with van der Waals surface area (Å²) < 4.78 is 0. The molecule has 0 spiro atoms. The van der Waals surface area contributed by atoms with Crippen LogP contribution in [0.4, 0.5) is 10.5 Å². The molecule has 1 unspecified atom stereocenters. The van der Waals surface area contributed by atoms with Gasteiger partial charge in [0.05, 0.1) is 6.61 Å². The number of Topliss-reactive ketones (excluding diaryl/α,β-unsaturated/α-hetero) is 1. The minimum atomic E-state index is -0.244. The number of carbonyl (C=O) groups excluding carboxylic acids is 2. The molecule has 29 heavy (non-hydrogen) atoms. The molecule has 2 aromatic rings. The number of aryl methyl sites for hydroxylation is 1. The van der Waals surface area contributed by atoms with Crippen molar-refractivity contribution in [3.63, 3.8) is 0 Å². The topological polar surface area (TPSA) is 69.6 Å². The van der Waals surface area contributed by atoms with Crippen LogP contribution in [0.5, 0.6) is 0 Å². The minimum Gasteiger partial charge on any atom is -0.396 e. The van der Waals surface area contributed by atoms with Crippen molar-refractivity contribution in [3.8, 4) is 0 Å². The maximum Gasteiger partial charge on any atom is 0.321 e. The number of hydrogen-bond donors (Lipinski definition) is 2. The van der Waals surface area contributed by atoms with Crippen LogP contribution in [0.25, 0.3) is 0 Å². The lowest BCUT2D eigenvalue weighted by Crippen LogP contribution is -2.49. The Balaban J connectivity index is 1.59. The Morgan fingerprint density at radius 1 is 1.14 bits per heavy atom. The first-order valence-corrected chi connectivity index (χ1v) is 10.3. The smallest absolute Gasteiger partial charge is 0.321 e. The molecule has 5 nitrogen and oxygen atoms in total. The van der Waals surface area contributed by atoms with Crippen LogP contribution in [0.1, 0.15) is 48.5 Å². The summed E-state index contributed by atoms with van der Waals surface area (Å²) >= 11 is 0. The first-order valence-electron chi connectivity index (χ1n) is 10.3. The highest BCUT2D eigenvalue weighted by molar-refractivity contribution is 5.96. The fourth-order valence-corrected chi connectivity index (χ4v) is 4.12. The number of carbonyl (C=O) groups is 2. The Morgan fingerprint density at radius 2 is 1.93 bits per heavy atom. The molecule has 0 aliphatic carbocycles. The summed E-state index contributed by atoms with van der Waals surface area (Å²) in [7, 11) is 0. The zero-order valence-corrected chi connectivity index (χ0v) is 17.1. The molecule has 2 aromatic carbocycles. The number of likely N-dealkylation sites (tertiary alicyclic amines) is 1. The zero-order chi connectivity index (χ0) is 20.7. The molecule has 0 saturated carbocycles. The molecule has 2 N–H and O–H groups in total. The van der Waals surface area contributed by atoms with E-state index in [-0.39, 0.29) is 23.8 Å². The Hall–Kier alpha value is -2.66. The van der Waals surface area contributed by atoms with Gasteiger partial charge < -0.3 is 15.3 Å². The van der Waals surface area contributed by atoms with E-state index in [2.05, 4.69) is 17.4 Å². The molecule has 0 aromatic heterocycles. The highest BCUT2D eigenvalue weighted by atomic mass is 16.3. The lowest BCUT2D eigenvalue weighted by molar-refractivity contribution is 0.0413. The van der Waals surface area contributed by atoms with Gasteiger partial charge in [0.1, 0.15) is 0 Å². The van der Waals surface area contributed by atoms with E-state index < -0.39 is 0 Å². The van der Waals surface area contributed by atoms with Crippen molar-refractivity contribution >= 4 is 17.5 Å². The largest absolute Gasteiger partial charge is 0.396 e. The Labute approximate surface area is 172 Å². The number of ketones is 1. The predicted octanol–water partition coefficient (Wildman–Crippen LogP) is 4.52. The lowest BCUT2D eigenvalue weighted by Gasteiger charge is -2.42. The van der Waals surface area contributed by atoms with Crippen molar-refractivity contribution in [2.45, 2.75) is 39.0 Å². The molecule has 1 atom stereocenters. The highest BCUT2D eigenvalue weighted by Crippen LogP contribution is 2.35. The maximum absolute atomic E-state index is 12.8. The Bertz CT molecular complexity index is 837. The molecule has 0 radical (unpaired) electrons. The van der Waals surface area contributed by atoms with Crippen molar-refractivity contribution in [1.82, 2.24) is 4.90 Å². The normalized spacial score (nSPS) is 19.0. The molecule has 154 valence electrons. The number of benzene rings is 2. The number of anilines is 1. The van der Waals surface area contributed by atoms with Crippen LogP contribution in [0.3, 0.4) is 0 Å². The molecule has 1 saturated heterocycles. The van der Waals surface area contributed by atoms with E-state index in [9.17, 15) is 14.7 Å². The van der Waals surface area contributed by atoms with E-state index in [4.69, 9.17) is 0 Å². The number of aliphatic hydroxyl groups excluding tert-OH is 1. The Kier molecular flexibility index (Phi) is 7.04. The third-order valence-electron chi connectivity index (χ3n) is 5.82. The summed E-state index contributed by atoms with van der Waals surface area (Å²) in [5, 5.41) is 13.0. The van der Waals surface area contributed by atoms with Crippen LogP contribution in [0, 0.1) is 5.41 Å². The van der Waals surface area contributed by atoms with Gasteiger partial charge in [-0.3, -0.25) is 4.79 Å². The van der Waals surface area contributed by atoms with Gasteiger partial charge >= 0.3 is 6.03 Å². The van der Waals surface area contributed by atoms with Crippen LogP contribution in [-0.2, 0) is 6.42 Å². The van der Waals surface area contributed by atoms with E-state index >= 15 is 0 Å². The molecule has 1 aliphatic rings. The third-order valence-corrected chi connectivity index (χ3v) is 5.82. The first kappa shape index (κ1) is 21.1. The molecule has 1 aliphatic heterocycles. The van der Waals surface area contributed by atoms with Gasteiger partial charge in [-0.2, -0.15) is 0 Å². The van der Waals surface area contributed by atoms with Gasteiger partial charge in [0, 0.05) is 29.8 Å². The number of urea groups is 1. The monoisotopic (exact) mass is 394 g/mol. The standard InChI is InChI=1S/C24H30N2O3/c1-19(28)21-11-5-12-22(16-21)25-23(29)26-15-7-14-24(17-26,18-27)13-6-10-20-8-3-2-4-9-20/h2-5,8-9,11-12,16,27H,6-7,10,13-15,17-18H2,1H3,(H,25,29). The molecule has 0 bridgehead atoms. The molecular weight excluding hydrogens is 364 g/mol. The fraction of sp³-hybridized carbons (Fsp3) is 0.417. The number of rotatable bonds is 7. The average molecular weight is 395 g/mol. The van der Waals surface area contributed by atoms with Crippen molar-refractivity contribution in [2.75, 3.05) is 25.0 Å². The van der Waals surface area contributed by atoms with Gasteiger partial charge in [-0.25, -0.2) is 4.79 Å². The molecule has 1 fully saturated rings. The number of nitrogens with one attached hydrogen (secondary N) is 1. The zero-order valence-electron chi connectivity index (χ0n) is 17.1. The van der Waals surface area contributed by atoms with Crippen LogP contribution < -0.4 is 5.32 Å². The van der Waals surface area contributed by atoms with E-state index in [1.807, 2.05) is 18.2 Å². The fourth-order valence-electron chi connectivity index (χ4n) is 4.12. The second kappa shape index (κ2) is 9.70. The molecule has 1 heterocycles. The third kappa shape index (κ3) is 5.67. The second-order valence-corrected chi connectivity index (χ2v) is 8.09. The van der Waals surface area contributed by atoms with E-state index in [1.165, 1.54) is 12.5 Å². The van der Waals surface area contributed by atoms with Crippen molar-refractivity contribution in [1.29, 1.82) is 0 Å². The van der Waals surface area contributed by atoms with E-state index in [1.54, 1.807) is 29.2 Å². The summed E-state index contributed by atoms with van der Waals surface area (Å²) in [6.07, 6.45) is 4.67. The van der Waals surface area contributed by atoms with Crippen LogP contribution >= 0.6 is 0 Å². The number of hydrogen-bond acceptors (Lipinski definition) is 3. The highest BCUT2D eigenvalue weighted by Gasteiger charge is 2.36. The number of aliphatic hydroxyl groups is 1. The summed E-state index contributed by atoms with van der Waals surface area (Å²) in [5.74, 6) is -0.0308. The van der Waals surface area contributed by atoms with Crippen molar-refractivity contribution in [3.05, 3.63) is 65.7 Å². The minimum absolute atomic E-state index is 0.0308. The lowest BCUT2D eigenvalue weighted by atomic mass is 9.76. The number of nitrogens with zero attached hydrogens (tertiary/aromatic N) is 1. The number of amides is 2. The maximum atomic E-state index is 12.8. The van der Waals surface area contributed by atoms with Crippen LogP contribution in [0.15, 0.2) is 54.6 Å². The van der Waals surface area contributed by atoms with Gasteiger partial charge in [0.2, 0.25) is 0 Å². The van der Waals surface area contributed by atoms with Crippen LogP contribution in [-0.4, -0.2) is 41.5 Å². The summed E-state index contributed by atoms with van der Waals surface area (Å²) in [4.78, 5) is 26.2. The SMILES string of the molecule is CC(=O)c1cccc(NC(=O)N2CCCC(CO)(CCCc3ccccc3)C2)c1. The first-order chi connectivity index (χ1) is 14.0. The molecular formula is C24H30N2O3. The van der Waals surface area contributed by atoms with Gasteiger partial charge in [-0.05, 0) is 56.7 Å². The van der Waals surface area contributed by atoms with Crippen molar-refractivity contribution < 1.29 is 14.7 Å². The van der Waals surface area contributed by atoms with Gasteiger partial charge in [-0.15, -0.1) is 0 Å². The summed E-state index contributed by atoms with van der Waals surface area (Å²) in [6, 6.07) is 17.2. The second-order valence-electron chi connectivity index (χ2n) is 8.09. The molecule has 3 rings (SSSR count). The Morgan fingerprint density at radius 3 is 2.66 bits per heavy atom. The van der Waals surface area contributed by atoms with E-state index in [0.717, 1.165) is 32.1 Å². The van der Waals surface area contributed by atoms with Gasteiger partial charge in [0.25, 0.3) is 0 Å². The average Bonchev–Trinajstić information content (AvgIpc) is 2.75. The van der Waals surface area contributed by atoms with Crippen molar-refractivity contribution in [2.24, 2.45) is 5.41 Å². The van der Waals surface area contributed by atoms with Crippen LogP contribution in [0.2, 0.25) is 0 Å². The molecule has 5 heteroatoms. The summed E-state index contributed by atoms with van der Waals surface area (Å²) in [5.41, 5.74) is 2.25. The predicted molar refractivity (Wildman–Crippen MR) is 115 cm³/mol. The van der Waals surface area contributed by atoms with Gasteiger partial charge in [-0.1, -0.05) is 42.5 Å². The van der Waals surface area contributed by atoms with E-state index in [0.29, 0.717) is 24.3 Å². The number of piperidine rings is 1. The quantitative estimate of drug-likeness (QED) is 0.679. The molecule has 2 amide bonds. The summed E-state index contributed by atoms with van der Waals surface area (Å²) in [6.45, 7) is 2.83. The van der Waals surface area contributed by atoms with Gasteiger partial charge in [0.15, 0.2) is 5.78 Å².